The highest BCUT2D eigenvalue weighted by atomic mass is 16.7. The van der Waals surface area contributed by atoms with Crippen LogP contribution in [0.2, 0.25) is 0 Å². The Morgan fingerprint density at radius 2 is 1.38 bits per heavy atom. The van der Waals surface area contributed by atoms with Crippen molar-refractivity contribution in [3.8, 4) is 23.0 Å². The number of aliphatic hydroxyl groups excluding tert-OH is 1. The van der Waals surface area contributed by atoms with E-state index in [9.17, 15) is 9.90 Å². The van der Waals surface area contributed by atoms with Crippen molar-refractivity contribution in [3.63, 3.8) is 0 Å². The van der Waals surface area contributed by atoms with E-state index in [1.165, 1.54) is 49.8 Å². The molecule has 2 unspecified atom stereocenters. The zero-order chi connectivity index (χ0) is 23.8. The Morgan fingerprint density at radius 3 is 1.88 bits per heavy atom. The number of carbonyl (C=O) groups is 1. The fourth-order valence-electron chi connectivity index (χ4n) is 3.60. The molecule has 0 aromatic heterocycles. The van der Waals surface area contributed by atoms with Crippen LogP contribution < -0.4 is 18.9 Å². The minimum Gasteiger partial charge on any atom is -0.493 e. The molecular weight excluding hydrogens is 420 g/mol. The summed E-state index contributed by atoms with van der Waals surface area (Å²) in [5.41, 5.74) is 1.19. The van der Waals surface area contributed by atoms with Crippen LogP contribution >= 0.6 is 0 Å². The minimum absolute atomic E-state index is 0.249. The maximum Gasteiger partial charge on any atom is 0.316 e. The Kier molecular flexibility index (Phi) is 9.13. The molecule has 32 heavy (non-hydrogen) atoms. The van der Waals surface area contributed by atoms with Gasteiger partial charge in [0.2, 0.25) is 0 Å². The van der Waals surface area contributed by atoms with Crippen LogP contribution in [0.1, 0.15) is 35.0 Å². The molecule has 9 nitrogen and oxygen atoms in total. The molecule has 0 radical (unpaired) electrons. The number of methoxy groups -OCH3 is 7. The van der Waals surface area contributed by atoms with Crippen LogP contribution in [0.25, 0.3) is 0 Å². The summed E-state index contributed by atoms with van der Waals surface area (Å²) in [7, 11) is 10.1. The zero-order valence-corrected chi connectivity index (χ0v) is 19.3. The molecule has 0 saturated heterocycles. The van der Waals surface area contributed by atoms with Crippen LogP contribution in [-0.4, -0.2) is 60.8 Å². The number of hydrogen-bond acceptors (Lipinski definition) is 9. The van der Waals surface area contributed by atoms with E-state index >= 15 is 0 Å². The van der Waals surface area contributed by atoms with Crippen molar-refractivity contribution < 1.29 is 43.1 Å². The normalized spacial score (nSPS) is 12.8. The predicted octanol–water partition coefficient (Wildman–Crippen LogP) is 3.00. The van der Waals surface area contributed by atoms with E-state index in [1.54, 1.807) is 30.3 Å². The van der Waals surface area contributed by atoms with E-state index in [0.717, 1.165) is 0 Å². The summed E-state index contributed by atoms with van der Waals surface area (Å²) in [5, 5.41) is 11.4. The fraction of sp³-hybridized carbons (Fsp3) is 0.435. The summed E-state index contributed by atoms with van der Waals surface area (Å²) in [6, 6.07) is 8.22. The second-order valence-electron chi connectivity index (χ2n) is 6.67. The van der Waals surface area contributed by atoms with Gasteiger partial charge in [0.1, 0.15) is 5.92 Å². The molecule has 2 aromatic rings. The van der Waals surface area contributed by atoms with Crippen LogP contribution in [-0.2, 0) is 19.0 Å². The molecule has 0 saturated carbocycles. The topological polar surface area (TPSA) is 102 Å². The van der Waals surface area contributed by atoms with Gasteiger partial charge in [-0.05, 0) is 29.8 Å². The van der Waals surface area contributed by atoms with Crippen LogP contribution in [0.3, 0.4) is 0 Å². The van der Waals surface area contributed by atoms with Gasteiger partial charge in [0.15, 0.2) is 29.3 Å². The maximum atomic E-state index is 13.0. The molecule has 0 spiro atoms. The second-order valence-corrected chi connectivity index (χ2v) is 6.67. The molecule has 9 heteroatoms. The first kappa shape index (κ1) is 25.3. The van der Waals surface area contributed by atoms with Gasteiger partial charge in [-0.25, -0.2) is 0 Å². The van der Waals surface area contributed by atoms with Gasteiger partial charge in [-0.15, -0.1) is 0 Å². The molecule has 0 aliphatic rings. The Bertz CT molecular complexity index is 909. The summed E-state index contributed by atoms with van der Waals surface area (Å²) in [6.07, 6.45) is -2.18. The Labute approximate surface area is 187 Å². The molecule has 0 fully saturated rings. The Hall–Kier alpha value is -3.01. The average Bonchev–Trinajstić information content (AvgIpc) is 2.84. The highest BCUT2D eigenvalue weighted by Gasteiger charge is 2.38. The van der Waals surface area contributed by atoms with Gasteiger partial charge in [0, 0.05) is 25.3 Å². The smallest absolute Gasteiger partial charge is 0.316 e. The maximum absolute atomic E-state index is 13.0. The van der Waals surface area contributed by atoms with Crippen molar-refractivity contribution in [2.24, 2.45) is 0 Å². The highest BCUT2D eigenvalue weighted by molar-refractivity contribution is 5.81. The number of ether oxygens (including phenoxy) is 7. The van der Waals surface area contributed by atoms with Gasteiger partial charge in [0.05, 0.1) is 41.7 Å². The van der Waals surface area contributed by atoms with Crippen molar-refractivity contribution in [2.45, 2.75) is 18.3 Å². The molecule has 2 atom stereocenters. The molecule has 0 amide bonds. The van der Waals surface area contributed by atoms with Gasteiger partial charge >= 0.3 is 5.97 Å². The van der Waals surface area contributed by atoms with Gasteiger partial charge in [0.25, 0.3) is 0 Å². The first-order valence-electron chi connectivity index (χ1n) is 9.70. The molecule has 0 aliphatic heterocycles. The van der Waals surface area contributed by atoms with E-state index in [-0.39, 0.29) is 5.75 Å². The fourth-order valence-corrected chi connectivity index (χ4v) is 3.60. The van der Waals surface area contributed by atoms with Crippen molar-refractivity contribution in [1.29, 1.82) is 0 Å². The van der Waals surface area contributed by atoms with E-state index < -0.39 is 24.3 Å². The van der Waals surface area contributed by atoms with Crippen LogP contribution in [0.4, 0.5) is 0 Å². The van der Waals surface area contributed by atoms with Crippen molar-refractivity contribution in [1.82, 2.24) is 0 Å². The molecule has 176 valence electrons. The monoisotopic (exact) mass is 450 g/mol. The molecule has 2 aromatic carbocycles. The van der Waals surface area contributed by atoms with Crippen LogP contribution in [0.15, 0.2) is 30.3 Å². The zero-order valence-electron chi connectivity index (χ0n) is 19.3. The predicted molar refractivity (Wildman–Crippen MR) is 116 cm³/mol. The minimum atomic E-state index is -1.34. The lowest BCUT2D eigenvalue weighted by molar-refractivity contribution is -0.145. The number of benzene rings is 2. The summed E-state index contributed by atoms with van der Waals surface area (Å²) < 4.78 is 37.5. The lowest BCUT2D eigenvalue weighted by Crippen LogP contribution is -2.25. The molecule has 2 rings (SSSR count). The molecule has 0 heterocycles. The van der Waals surface area contributed by atoms with E-state index in [4.69, 9.17) is 33.2 Å². The lowest BCUT2D eigenvalue weighted by atomic mass is 9.85. The molecule has 0 aliphatic carbocycles. The van der Waals surface area contributed by atoms with Gasteiger partial charge in [-0.3, -0.25) is 4.79 Å². The Morgan fingerprint density at radius 1 is 0.781 bits per heavy atom. The van der Waals surface area contributed by atoms with E-state index in [0.29, 0.717) is 33.9 Å². The first-order valence-corrected chi connectivity index (χ1v) is 9.70. The summed E-state index contributed by atoms with van der Waals surface area (Å²) >= 11 is 0. The number of rotatable bonds is 11. The van der Waals surface area contributed by atoms with Crippen LogP contribution in [0, 0.1) is 0 Å². The number of esters is 1. The van der Waals surface area contributed by atoms with Gasteiger partial charge in [-0.1, -0.05) is 6.07 Å². The highest BCUT2D eigenvalue weighted by Crippen LogP contribution is 2.46. The van der Waals surface area contributed by atoms with Crippen LogP contribution in [0.5, 0.6) is 23.0 Å². The third-order valence-corrected chi connectivity index (χ3v) is 5.13. The summed E-state index contributed by atoms with van der Waals surface area (Å²) in [6.45, 7) is 0. The first-order chi connectivity index (χ1) is 15.4. The third-order valence-electron chi connectivity index (χ3n) is 5.13. The van der Waals surface area contributed by atoms with E-state index in [1.807, 2.05) is 0 Å². The summed E-state index contributed by atoms with van der Waals surface area (Å²) in [5.74, 6) is -0.393. The summed E-state index contributed by atoms with van der Waals surface area (Å²) in [4.78, 5) is 13.0. The number of aliphatic hydroxyl groups is 1. The molecule has 1 N–H and O–H groups in total. The van der Waals surface area contributed by atoms with Crippen molar-refractivity contribution in [3.05, 3.63) is 47.0 Å². The largest absolute Gasteiger partial charge is 0.493 e. The second kappa shape index (κ2) is 11.6. The Balaban J connectivity index is 2.78. The SMILES string of the molecule is COC(=O)C(c1c(C(OC)OC)ccc(OC)c1OC)C(O)c1ccc(OC)c(OC)c1. The molecular formula is C23H30O9. The number of hydrogen-bond donors (Lipinski definition) is 1. The molecule has 0 bridgehead atoms. The van der Waals surface area contributed by atoms with Gasteiger partial charge in [-0.2, -0.15) is 0 Å². The average molecular weight is 450 g/mol. The quantitative estimate of drug-likeness (QED) is 0.409. The number of carbonyl (C=O) groups excluding carboxylic acids is 1. The van der Waals surface area contributed by atoms with E-state index in [2.05, 4.69) is 0 Å². The lowest BCUT2D eigenvalue weighted by Gasteiger charge is -2.28. The standard InChI is InChI=1S/C23H30O9/c1-26-15-10-8-13(12-17(15)28-3)20(24)19(22(25)30-5)18-14(23(31-6)32-7)9-11-16(27-2)21(18)29-4/h8-12,19-20,23-24H,1-7H3. The van der Waals surface area contributed by atoms with Gasteiger partial charge < -0.3 is 38.3 Å². The third kappa shape index (κ3) is 4.90. The van der Waals surface area contributed by atoms with Crippen molar-refractivity contribution in [2.75, 3.05) is 49.8 Å². The van der Waals surface area contributed by atoms with Crippen molar-refractivity contribution >= 4 is 5.97 Å².